The van der Waals surface area contributed by atoms with Gasteiger partial charge in [0.25, 0.3) is 0 Å². The summed E-state index contributed by atoms with van der Waals surface area (Å²) in [5.41, 5.74) is 0.957. The fourth-order valence-electron chi connectivity index (χ4n) is 2.05. The molecule has 0 N–H and O–H groups in total. The summed E-state index contributed by atoms with van der Waals surface area (Å²) in [5, 5.41) is 0. The second-order valence-corrected chi connectivity index (χ2v) is 5.63. The maximum absolute atomic E-state index is 14.0. The van der Waals surface area contributed by atoms with Gasteiger partial charge in [0.15, 0.2) is 0 Å². The van der Waals surface area contributed by atoms with Crippen molar-refractivity contribution < 1.29 is 18.3 Å². The Morgan fingerprint density at radius 3 is 1.95 bits per heavy atom. The molecule has 0 aromatic heterocycles. The van der Waals surface area contributed by atoms with Crippen molar-refractivity contribution in [3.05, 3.63) is 59.2 Å². The first-order chi connectivity index (χ1) is 10.0. The van der Waals surface area contributed by atoms with Crippen molar-refractivity contribution in [2.45, 2.75) is 11.2 Å². The Morgan fingerprint density at radius 2 is 1.48 bits per heavy atom. The van der Waals surface area contributed by atoms with Gasteiger partial charge in [-0.2, -0.15) is 0 Å². The Hall–Kier alpha value is -1.62. The normalized spacial score (nSPS) is 12.0. The molecule has 0 amide bonds. The summed E-state index contributed by atoms with van der Waals surface area (Å²) in [6, 6.07) is 9.73. The molecular weight excluding hydrogens is 342 g/mol. The molecule has 0 saturated heterocycles. The van der Waals surface area contributed by atoms with E-state index >= 15 is 0 Å². The number of halogens is 3. The van der Waals surface area contributed by atoms with Crippen molar-refractivity contribution in [1.82, 2.24) is 0 Å². The molecule has 1 atom stereocenters. The Kier molecular flexibility index (Phi) is 5.17. The molecule has 2 aromatic carbocycles. The van der Waals surface area contributed by atoms with E-state index in [4.69, 9.17) is 9.47 Å². The van der Waals surface area contributed by atoms with Crippen LogP contribution in [0.2, 0.25) is 0 Å². The number of hydrogen-bond acceptors (Lipinski definition) is 2. The molecule has 5 heteroatoms. The van der Waals surface area contributed by atoms with E-state index in [-0.39, 0.29) is 11.3 Å². The number of rotatable bonds is 5. The van der Waals surface area contributed by atoms with E-state index in [0.29, 0.717) is 6.42 Å². The molecule has 0 heterocycles. The van der Waals surface area contributed by atoms with Crippen molar-refractivity contribution in [2.75, 3.05) is 14.2 Å². The van der Waals surface area contributed by atoms with Gasteiger partial charge in [0.2, 0.25) is 0 Å². The predicted octanol–water partition coefficient (Wildman–Crippen LogP) is 4.66. The van der Waals surface area contributed by atoms with Crippen LogP contribution in [0.1, 0.15) is 16.0 Å². The van der Waals surface area contributed by atoms with Crippen LogP contribution in [0.25, 0.3) is 0 Å². The zero-order chi connectivity index (χ0) is 15.4. The topological polar surface area (TPSA) is 18.5 Å². The largest absolute Gasteiger partial charge is 0.497 e. The van der Waals surface area contributed by atoms with Crippen LogP contribution in [0.5, 0.6) is 11.5 Å². The first-order valence-electron chi connectivity index (χ1n) is 6.35. The van der Waals surface area contributed by atoms with Crippen LogP contribution < -0.4 is 9.47 Å². The molecule has 112 valence electrons. The molecule has 2 aromatic rings. The number of benzene rings is 2. The quantitative estimate of drug-likeness (QED) is 0.725. The molecule has 0 aliphatic rings. The number of ether oxygens (including phenoxy) is 2. The maximum atomic E-state index is 14.0. The maximum Gasteiger partial charge on any atom is 0.134 e. The minimum Gasteiger partial charge on any atom is -0.497 e. The van der Waals surface area contributed by atoms with E-state index in [0.717, 1.165) is 11.3 Å². The summed E-state index contributed by atoms with van der Waals surface area (Å²) in [6.07, 6.45) is 0.462. The van der Waals surface area contributed by atoms with Gasteiger partial charge in [0.05, 0.1) is 14.2 Å². The number of methoxy groups -OCH3 is 2. The molecule has 21 heavy (non-hydrogen) atoms. The first-order valence-corrected chi connectivity index (χ1v) is 7.26. The lowest BCUT2D eigenvalue weighted by atomic mass is 10.0. The van der Waals surface area contributed by atoms with Crippen LogP contribution in [0.3, 0.4) is 0 Å². The summed E-state index contributed by atoms with van der Waals surface area (Å²) in [5.74, 6) is -0.339. The zero-order valence-electron chi connectivity index (χ0n) is 11.7. The first kappa shape index (κ1) is 15.8. The Morgan fingerprint density at radius 1 is 0.952 bits per heavy atom. The third-order valence-corrected chi connectivity index (χ3v) is 3.96. The van der Waals surface area contributed by atoms with Gasteiger partial charge in [-0.25, -0.2) is 8.78 Å². The highest BCUT2D eigenvalue weighted by molar-refractivity contribution is 9.09. The van der Waals surface area contributed by atoms with Crippen LogP contribution in [-0.4, -0.2) is 14.2 Å². The van der Waals surface area contributed by atoms with E-state index in [1.54, 1.807) is 7.11 Å². The Balaban J connectivity index is 2.21. The summed E-state index contributed by atoms with van der Waals surface area (Å²) in [7, 11) is 2.96. The second-order valence-electron chi connectivity index (χ2n) is 4.52. The van der Waals surface area contributed by atoms with Crippen molar-refractivity contribution in [1.29, 1.82) is 0 Å². The molecule has 0 saturated carbocycles. The van der Waals surface area contributed by atoms with Crippen LogP contribution in [0, 0.1) is 11.6 Å². The SMILES string of the molecule is COc1ccc(CC(Br)c2c(F)cc(OC)cc2F)cc1. The fraction of sp³-hybridized carbons (Fsp3) is 0.250. The highest BCUT2D eigenvalue weighted by Gasteiger charge is 2.19. The van der Waals surface area contributed by atoms with Crippen molar-refractivity contribution >= 4 is 15.9 Å². The van der Waals surface area contributed by atoms with Gasteiger partial charge in [-0.05, 0) is 24.1 Å². The summed E-state index contributed by atoms with van der Waals surface area (Å²) in [4.78, 5) is -0.461. The summed E-state index contributed by atoms with van der Waals surface area (Å²) in [6.45, 7) is 0. The standard InChI is InChI=1S/C16H15BrF2O2/c1-20-11-5-3-10(4-6-11)7-13(17)16-14(18)8-12(21-2)9-15(16)19/h3-6,8-9,13H,7H2,1-2H3. The molecule has 0 fully saturated rings. The van der Waals surface area contributed by atoms with Crippen molar-refractivity contribution in [2.24, 2.45) is 0 Å². The molecule has 0 radical (unpaired) electrons. The monoisotopic (exact) mass is 356 g/mol. The molecule has 2 rings (SSSR count). The minimum atomic E-state index is -0.623. The van der Waals surface area contributed by atoms with Crippen molar-refractivity contribution in [3.8, 4) is 11.5 Å². The van der Waals surface area contributed by atoms with Crippen LogP contribution in [0.4, 0.5) is 8.78 Å². The van der Waals surface area contributed by atoms with E-state index in [1.807, 2.05) is 24.3 Å². The minimum absolute atomic E-state index is 0.00613. The predicted molar refractivity (Wildman–Crippen MR) is 81.3 cm³/mol. The Labute approximate surface area is 130 Å². The van der Waals surface area contributed by atoms with E-state index in [2.05, 4.69) is 15.9 Å². The van der Waals surface area contributed by atoms with E-state index in [1.165, 1.54) is 19.2 Å². The summed E-state index contributed by atoms with van der Waals surface area (Å²) < 4.78 is 37.9. The average Bonchev–Trinajstić information content (AvgIpc) is 2.47. The third-order valence-electron chi connectivity index (χ3n) is 3.18. The lowest BCUT2D eigenvalue weighted by Gasteiger charge is -2.14. The van der Waals surface area contributed by atoms with Gasteiger partial charge >= 0.3 is 0 Å². The van der Waals surface area contributed by atoms with Gasteiger partial charge in [-0.15, -0.1) is 0 Å². The molecular formula is C16H15BrF2O2. The summed E-state index contributed by atoms with van der Waals surface area (Å²) >= 11 is 3.35. The van der Waals surface area contributed by atoms with E-state index < -0.39 is 16.5 Å². The van der Waals surface area contributed by atoms with Crippen LogP contribution >= 0.6 is 15.9 Å². The molecule has 1 unspecified atom stereocenters. The third kappa shape index (κ3) is 3.73. The van der Waals surface area contributed by atoms with Gasteiger partial charge < -0.3 is 9.47 Å². The molecule has 2 nitrogen and oxygen atoms in total. The van der Waals surface area contributed by atoms with Crippen LogP contribution in [-0.2, 0) is 6.42 Å². The number of alkyl halides is 1. The van der Waals surface area contributed by atoms with Gasteiger partial charge in [-0.3, -0.25) is 0 Å². The highest BCUT2D eigenvalue weighted by Crippen LogP contribution is 2.33. The average molecular weight is 357 g/mol. The molecule has 0 aliphatic carbocycles. The second kappa shape index (κ2) is 6.89. The smallest absolute Gasteiger partial charge is 0.134 e. The molecule has 0 bridgehead atoms. The van der Waals surface area contributed by atoms with Crippen molar-refractivity contribution in [3.63, 3.8) is 0 Å². The molecule has 0 aliphatic heterocycles. The number of hydrogen-bond donors (Lipinski definition) is 0. The van der Waals surface area contributed by atoms with Crippen LogP contribution in [0.15, 0.2) is 36.4 Å². The van der Waals surface area contributed by atoms with Gasteiger partial charge in [-0.1, -0.05) is 28.1 Å². The lowest BCUT2D eigenvalue weighted by molar-refractivity contribution is 0.405. The fourth-order valence-corrected chi connectivity index (χ4v) is 2.86. The van der Waals surface area contributed by atoms with Gasteiger partial charge in [0, 0.05) is 22.5 Å². The highest BCUT2D eigenvalue weighted by atomic mass is 79.9. The van der Waals surface area contributed by atoms with Gasteiger partial charge in [0.1, 0.15) is 23.1 Å². The van der Waals surface area contributed by atoms with E-state index in [9.17, 15) is 8.78 Å². The lowest BCUT2D eigenvalue weighted by Crippen LogP contribution is -2.03. The zero-order valence-corrected chi connectivity index (χ0v) is 13.3. The molecule has 0 spiro atoms. The Bertz CT molecular complexity index is 591.